The van der Waals surface area contributed by atoms with E-state index < -0.39 is 0 Å². The third-order valence-electron chi connectivity index (χ3n) is 24.0. The predicted octanol–water partition coefficient (Wildman–Crippen LogP) is 14.3. The maximum Gasteiger partial charge on any atom is 0.232 e. The molecule has 1 atom stereocenters. The summed E-state index contributed by atoms with van der Waals surface area (Å²) in [5.41, 5.74) is -0.637. The molecule has 6 fully saturated rings. The maximum atomic E-state index is 5.54. The van der Waals surface area contributed by atoms with Gasteiger partial charge in [-0.15, -0.1) is 0 Å². The molecule has 9 rings (SSSR count). The molecule has 3 aromatic heterocycles. The SMILES string of the molecule is CCN(c1nc(NCCCCC(CCCNc2nc(N(CC)C3CC(C)(C)NC(C)(C)C3)nc(N(CC)C3CC(C)(C)NC(C)(C)C3)n2)CNc2nc(N(CC)C3CC(C)(C)NC(C)(C)C3)nc(N(CC)C3CC(C)(C)NC(C)(C)C3)n2)nc(N(CC)C2CC(C)(C)NC(C)(C)C2)n1)C1CC(C)(C)NC(C)(C)C1. The van der Waals surface area contributed by atoms with Crippen molar-refractivity contribution in [3.05, 3.63) is 0 Å². The molecule has 6 aliphatic rings. The first-order chi connectivity index (χ1) is 49.9. The quantitative estimate of drug-likeness (QED) is 0.0264. The van der Waals surface area contributed by atoms with E-state index in [2.05, 4.69) is 285 Å². The number of anilines is 9. The van der Waals surface area contributed by atoms with Gasteiger partial charge in [0, 0.05) is 162 Å². The van der Waals surface area contributed by atoms with Crippen LogP contribution in [0.3, 0.4) is 0 Å². The number of rotatable bonds is 32. The van der Waals surface area contributed by atoms with Crippen LogP contribution in [0.25, 0.3) is 0 Å². The normalized spacial score (nSPS) is 23.9. The Morgan fingerprint density at radius 1 is 0.259 bits per heavy atom. The zero-order chi connectivity index (χ0) is 79.8. The van der Waals surface area contributed by atoms with Crippen molar-refractivity contribution < 1.29 is 0 Å². The summed E-state index contributed by atoms with van der Waals surface area (Å²) in [6.45, 7) is 76.6. The van der Waals surface area contributed by atoms with Crippen molar-refractivity contribution in [2.45, 2.75) is 420 Å². The number of hydrogen-bond acceptors (Lipinski definition) is 24. The lowest BCUT2D eigenvalue weighted by molar-refractivity contribution is 0.157. The Morgan fingerprint density at radius 3 is 0.630 bits per heavy atom. The minimum Gasteiger partial charge on any atom is -0.354 e. The van der Waals surface area contributed by atoms with E-state index in [1.54, 1.807) is 0 Å². The lowest BCUT2D eigenvalue weighted by Crippen LogP contribution is -2.62. The molecule has 24 heteroatoms. The highest BCUT2D eigenvalue weighted by molar-refractivity contribution is 5.51. The van der Waals surface area contributed by atoms with Crippen LogP contribution in [0.5, 0.6) is 0 Å². The van der Waals surface area contributed by atoms with E-state index in [1.807, 2.05) is 0 Å². The van der Waals surface area contributed by atoms with Crippen LogP contribution in [-0.4, -0.2) is 206 Å². The van der Waals surface area contributed by atoms with Crippen molar-refractivity contribution in [3.63, 3.8) is 0 Å². The fraction of sp³-hybridized carbons (Fsp3) is 0.893. The molecule has 9 N–H and O–H groups in total. The van der Waals surface area contributed by atoms with Crippen molar-refractivity contribution in [1.82, 2.24) is 76.8 Å². The smallest absolute Gasteiger partial charge is 0.232 e. The standard InChI is InChI=1S/C84H158N24/c1-31-103(58-44-73(7,8)97-74(9,10)45-58)67-88-64(89-68(94-67)104(32-2)59-46-75(11,12)98-76(13,14)47-59)85-42-38-37-40-57(56-87-66-92-71(107(35-5)62-52-81(23,24)101-82(25,26)53-62)96-72(93-66)108(36-6)63-54-83(27,28)102-84(29,30)55-63)41-39-43-86-65-90-69(105(33-3)60-48-77(15,16)99-78(17,18)49-60)95-70(91-65)106(34-4)61-50-79(19,20)100-80(21,22)51-61/h57-63,97-102H,31-56H2,1-30H3,(H,85,88,89,94)(H,86,90,91,95)(H,87,92,93,96). The molecule has 9 heterocycles. The van der Waals surface area contributed by atoms with Crippen LogP contribution in [0.15, 0.2) is 0 Å². The van der Waals surface area contributed by atoms with Crippen LogP contribution in [-0.2, 0) is 0 Å². The predicted molar refractivity (Wildman–Crippen MR) is 456 cm³/mol. The summed E-state index contributed by atoms with van der Waals surface area (Å²) in [7, 11) is 0. The van der Waals surface area contributed by atoms with Crippen molar-refractivity contribution in [2.75, 3.05) is 104 Å². The number of unbranched alkanes of at least 4 members (excludes halogenated alkanes) is 1. The van der Waals surface area contributed by atoms with E-state index in [-0.39, 0.29) is 109 Å². The minimum absolute atomic E-state index is 0.0452. The average molecular weight is 1500 g/mol. The molecular weight excluding hydrogens is 1350 g/mol. The van der Waals surface area contributed by atoms with Gasteiger partial charge < -0.3 is 77.3 Å². The molecular formula is C84H158N24. The number of hydrogen-bond donors (Lipinski definition) is 9. The van der Waals surface area contributed by atoms with Gasteiger partial charge >= 0.3 is 0 Å². The van der Waals surface area contributed by atoms with E-state index in [0.717, 1.165) is 191 Å². The average Bonchev–Trinajstić information content (AvgIpc) is 0.778. The lowest BCUT2D eigenvalue weighted by atomic mass is 9.79. The molecule has 0 saturated carbocycles. The molecule has 6 saturated heterocycles. The molecule has 0 aliphatic carbocycles. The Balaban J connectivity index is 1.03. The zero-order valence-electron chi connectivity index (χ0n) is 74.1. The maximum absolute atomic E-state index is 5.54. The molecule has 108 heavy (non-hydrogen) atoms. The number of nitrogens with one attached hydrogen (secondary N) is 9. The Kier molecular flexibility index (Phi) is 26.7. The van der Waals surface area contributed by atoms with Gasteiger partial charge in [0.2, 0.25) is 53.5 Å². The lowest BCUT2D eigenvalue weighted by Gasteiger charge is -2.50. The molecule has 0 spiro atoms. The van der Waals surface area contributed by atoms with Crippen LogP contribution >= 0.6 is 0 Å². The fourth-order valence-corrected chi connectivity index (χ4v) is 22.3. The van der Waals surface area contributed by atoms with Gasteiger partial charge in [0.05, 0.1) is 0 Å². The minimum atomic E-state index is -0.0625. The summed E-state index contributed by atoms with van der Waals surface area (Å²) in [5.74, 6) is 6.73. The second-order valence-electron chi connectivity index (χ2n) is 42.0. The van der Waals surface area contributed by atoms with Gasteiger partial charge in [0.1, 0.15) is 0 Å². The van der Waals surface area contributed by atoms with E-state index in [1.165, 1.54) is 0 Å². The largest absolute Gasteiger partial charge is 0.354 e. The number of nitrogens with zero attached hydrogens (tertiary/aromatic N) is 15. The van der Waals surface area contributed by atoms with E-state index in [0.29, 0.717) is 30.9 Å². The third kappa shape index (κ3) is 23.6. The van der Waals surface area contributed by atoms with Gasteiger partial charge in [-0.3, -0.25) is 0 Å². The van der Waals surface area contributed by atoms with Crippen molar-refractivity contribution in [2.24, 2.45) is 5.92 Å². The first-order valence-electron chi connectivity index (χ1n) is 42.7. The molecule has 0 amide bonds. The van der Waals surface area contributed by atoms with Crippen LogP contribution in [0, 0.1) is 5.92 Å². The summed E-state index contributed by atoms with van der Waals surface area (Å²) >= 11 is 0. The van der Waals surface area contributed by atoms with E-state index >= 15 is 0 Å². The van der Waals surface area contributed by atoms with E-state index in [9.17, 15) is 0 Å². The molecule has 0 bridgehead atoms. The highest BCUT2D eigenvalue weighted by Crippen LogP contribution is 2.42. The monoisotopic (exact) mass is 1500 g/mol. The van der Waals surface area contributed by atoms with Crippen molar-refractivity contribution in [3.8, 4) is 0 Å². The second kappa shape index (κ2) is 33.2. The Hall–Kier alpha value is -5.01. The van der Waals surface area contributed by atoms with Crippen LogP contribution in [0.4, 0.5) is 53.5 Å². The Bertz CT molecular complexity index is 3120. The summed E-state index contributed by atoms with van der Waals surface area (Å²) in [6, 6.07) is 1.48. The number of aromatic nitrogens is 9. The molecule has 0 aromatic carbocycles. The van der Waals surface area contributed by atoms with Crippen LogP contribution in [0.1, 0.15) is 317 Å². The summed E-state index contributed by atoms with van der Waals surface area (Å²) in [6.07, 6.45) is 16.6. The Labute approximate surface area is 656 Å². The van der Waals surface area contributed by atoms with Gasteiger partial charge in [-0.2, -0.15) is 44.9 Å². The summed E-state index contributed by atoms with van der Waals surface area (Å²) in [4.78, 5) is 63.8. The third-order valence-corrected chi connectivity index (χ3v) is 24.0. The first-order valence-corrected chi connectivity index (χ1v) is 42.7. The molecule has 0 radical (unpaired) electrons. The van der Waals surface area contributed by atoms with E-state index in [4.69, 9.17) is 44.9 Å². The molecule has 3 aromatic rings. The fourth-order valence-electron chi connectivity index (χ4n) is 22.3. The second-order valence-corrected chi connectivity index (χ2v) is 42.0. The van der Waals surface area contributed by atoms with Crippen LogP contribution in [0.2, 0.25) is 0 Å². The Morgan fingerprint density at radius 2 is 0.435 bits per heavy atom. The van der Waals surface area contributed by atoms with Gasteiger partial charge in [-0.1, -0.05) is 6.42 Å². The van der Waals surface area contributed by atoms with Gasteiger partial charge in [0.25, 0.3) is 0 Å². The van der Waals surface area contributed by atoms with Gasteiger partial charge in [-0.25, -0.2) is 0 Å². The van der Waals surface area contributed by atoms with Crippen molar-refractivity contribution >= 4 is 53.5 Å². The molecule has 1 unspecified atom stereocenters. The molecule has 24 nitrogen and oxygen atoms in total. The van der Waals surface area contributed by atoms with Gasteiger partial charge in [-0.05, 0) is 316 Å². The zero-order valence-corrected chi connectivity index (χ0v) is 74.1. The summed E-state index contributed by atoms with van der Waals surface area (Å²) in [5, 5.41) is 35.3. The summed E-state index contributed by atoms with van der Waals surface area (Å²) < 4.78 is 0. The van der Waals surface area contributed by atoms with Crippen molar-refractivity contribution in [1.29, 1.82) is 0 Å². The van der Waals surface area contributed by atoms with Crippen LogP contribution < -0.4 is 77.3 Å². The number of piperidine rings is 6. The molecule has 6 aliphatic heterocycles. The molecule has 614 valence electrons. The van der Waals surface area contributed by atoms with Gasteiger partial charge in [0.15, 0.2) is 0 Å². The highest BCUT2D eigenvalue weighted by atomic mass is 15.4. The first kappa shape index (κ1) is 87.0. The topological polar surface area (TPSA) is 244 Å². The highest BCUT2D eigenvalue weighted by Gasteiger charge is 2.48.